The first-order valence-electron chi connectivity index (χ1n) is 7.24. The number of methoxy groups -OCH3 is 1. The Bertz CT molecular complexity index is 861. The van der Waals surface area contributed by atoms with E-state index in [0.717, 1.165) is 0 Å². The van der Waals surface area contributed by atoms with E-state index in [1.165, 1.54) is 18.1 Å². The van der Waals surface area contributed by atoms with Crippen molar-refractivity contribution in [1.29, 1.82) is 0 Å². The standard InChI is InChI=1S/C17H20N2O4S/c1-12-9-10-13(17(20)19(2)3)11-16(12)24(21,22)18-14-7-5-6-8-15(14)23-4/h5-11,18H,1-4H3. The van der Waals surface area contributed by atoms with Gasteiger partial charge >= 0.3 is 0 Å². The number of nitrogens with zero attached hydrogens (tertiary/aromatic N) is 1. The molecule has 7 heteroatoms. The fraction of sp³-hybridized carbons (Fsp3) is 0.235. The van der Waals surface area contributed by atoms with Gasteiger partial charge in [-0.3, -0.25) is 9.52 Å². The molecule has 0 bridgehead atoms. The molecule has 0 aromatic heterocycles. The third-order valence-electron chi connectivity index (χ3n) is 3.48. The molecule has 0 saturated carbocycles. The summed E-state index contributed by atoms with van der Waals surface area (Å²) in [5.41, 5.74) is 1.20. The first-order chi connectivity index (χ1) is 11.3. The Morgan fingerprint density at radius 1 is 1.12 bits per heavy atom. The number of benzene rings is 2. The molecule has 2 rings (SSSR count). The lowest BCUT2D eigenvalue weighted by atomic mass is 10.1. The van der Waals surface area contributed by atoms with Gasteiger partial charge in [0.15, 0.2) is 0 Å². The van der Waals surface area contributed by atoms with Gasteiger partial charge in [0.05, 0.1) is 17.7 Å². The van der Waals surface area contributed by atoms with E-state index in [2.05, 4.69) is 4.72 Å². The van der Waals surface area contributed by atoms with Gasteiger partial charge in [-0.1, -0.05) is 18.2 Å². The SMILES string of the molecule is COc1ccccc1NS(=O)(=O)c1cc(C(=O)N(C)C)ccc1C. The van der Waals surface area contributed by atoms with Gasteiger partial charge < -0.3 is 9.64 Å². The molecule has 0 radical (unpaired) electrons. The van der Waals surface area contributed by atoms with Crippen LogP contribution in [0.15, 0.2) is 47.4 Å². The van der Waals surface area contributed by atoms with Gasteiger partial charge in [0, 0.05) is 19.7 Å². The molecule has 0 spiro atoms. The van der Waals surface area contributed by atoms with E-state index in [-0.39, 0.29) is 10.8 Å². The first kappa shape index (κ1) is 17.8. The van der Waals surface area contributed by atoms with Gasteiger partial charge in [-0.05, 0) is 36.8 Å². The predicted octanol–water partition coefficient (Wildman–Crippen LogP) is 2.51. The number of carbonyl (C=O) groups excluding carboxylic acids is 1. The van der Waals surface area contributed by atoms with E-state index in [0.29, 0.717) is 22.6 Å². The fourth-order valence-corrected chi connectivity index (χ4v) is 3.55. The van der Waals surface area contributed by atoms with E-state index < -0.39 is 10.0 Å². The van der Waals surface area contributed by atoms with Gasteiger partial charge in [-0.2, -0.15) is 0 Å². The van der Waals surface area contributed by atoms with Crippen molar-refractivity contribution in [2.75, 3.05) is 25.9 Å². The van der Waals surface area contributed by atoms with Crippen LogP contribution in [-0.2, 0) is 10.0 Å². The number of ether oxygens (including phenoxy) is 1. The Hall–Kier alpha value is -2.54. The largest absolute Gasteiger partial charge is 0.495 e. The summed E-state index contributed by atoms with van der Waals surface area (Å²) in [7, 11) is 0.837. The number of sulfonamides is 1. The highest BCUT2D eigenvalue weighted by Gasteiger charge is 2.21. The zero-order chi connectivity index (χ0) is 17.9. The molecule has 1 amide bonds. The molecule has 2 aromatic carbocycles. The number of amides is 1. The Kier molecular flexibility index (Phi) is 5.14. The maximum absolute atomic E-state index is 12.7. The van der Waals surface area contributed by atoms with Gasteiger partial charge in [0.1, 0.15) is 5.75 Å². The Morgan fingerprint density at radius 3 is 2.42 bits per heavy atom. The third kappa shape index (κ3) is 3.68. The maximum atomic E-state index is 12.7. The molecule has 2 aromatic rings. The quantitative estimate of drug-likeness (QED) is 0.901. The van der Waals surface area contributed by atoms with Crippen LogP contribution in [0.25, 0.3) is 0 Å². The van der Waals surface area contributed by atoms with Crippen LogP contribution in [0.4, 0.5) is 5.69 Å². The lowest BCUT2D eigenvalue weighted by Gasteiger charge is -2.15. The maximum Gasteiger partial charge on any atom is 0.262 e. The summed E-state index contributed by atoms with van der Waals surface area (Å²) < 4.78 is 33.2. The number of anilines is 1. The molecule has 0 aliphatic rings. The number of hydrogen-bond donors (Lipinski definition) is 1. The van der Waals surface area contributed by atoms with Gasteiger partial charge in [-0.25, -0.2) is 8.42 Å². The normalized spacial score (nSPS) is 11.0. The lowest BCUT2D eigenvalue weighted by molar-refractivity contribution is 0.0827. The van der Waals surface area contributed by atoms with Gasteiger partial charge in [-0.15, -0.1) is 0 Å². The molecule has 0 aliphatic carbocycles. The van der Waals surface area contributed by atoms with Crippen LogP contribution >= 0.6 is 0 Å². The molecule has 128 valence electrons. The second-order valence-corrected chi connectivity index (χ2v) is 7.14. The molecule has 0 fully saturated rings. The molecule has 0 unspecified atom stereocenters. The summed E-state index contributed by atoms with van der Waals surface area (Å²) in [5, 5.41) is 0. The van der Waals surface area contributed by atoms with Crippen LogP contribution in [0.3, 0.4) is 0 Å². The van der Waals surface area contributed by atoms with Gasteiger partial charge in [0.2, 0.25) is 0 Å². The Balaban J connectivity index is 2.46. The van der Waals surface area contributed by atoms with Crippen molar-refractivity contribution in [3.8, 4) is 5.75 Å². The molecule has 0 saturated heterocycles. The summed E-state index contributed by atoms with van der Waals surface area (Å²) in [5.74, 6) is 0.156. The topological polar surface area (TPSA) is 75.7 Å². The Labute approximate surface area is 142 Å². The summed E-state index contributed by atoms with van der Waals surface area (Å²) in [6.45, 7) is 1.68. The highest BCUT2D eigenvalue weighted by atomic mass is 32.2. The molecular formula is C17H20N2O4S. The van der Waals surface area contributed by atoms with Crippen LogP contribution in [-0.4, -0.2) is 40.4 Å². The van der Waals surface area contributed by atoms with Crippen LogP contribution in [0.2, 0.25) is 0 Å². The van der Waals surface area contributed by atoms with E-state index >= 15 is 0 Å². The number of hydrogen-bond acceptors (Lipinski definition) is 4. The average Bonchev–Trinajstić information content (AvgIpc) is 2.54. The summed E-state index contributed by atoms with van der Waals surface area (Å²) in [6, 6.07) is 11.3. The minimum Gasteiger partial charge on any atom is -0.495 e. The lowest BCUT2D eigenvalue weighted by Crippen LogP contribution is -2.22. The third-order valence-corrected chi connectivity index (χ3v) is 4.99. The molecule has 0 aliphatic heterocycles. The van der Waals surface area contributed by atoms with E-state index in [9.17, 15) is 13.2 Å². The van der Waals surface area contributed by atoms with Crippen molar-refractivity contribution in [2.24, 2.45) is 0 Å². The second kappa shape index (κ2) is 6.92. The van der Waals surface area contributed by atoms with Crippen LogP contribution in [0.1, 0.15) is 15.9 Å². The van der Waals surface area contributed by atoms with Crippen molar-refractivity contribution in [1.82, 2.24) is 4.90 Å². The first-order valence-corrected chi connectivity index (χ1v) is 8.72. The fourth-order valence-electron chi connectivity index (χ4n) is 2.21. The monoisotopic (exact) mass is 348 g/mol. The zero-order valence-corrected chi connectivity index (χ0v) is 14.8. The summed E-state index contributed by atoms with van der Waals surface area (Å²) in [4.78, 5) is 13.5. The minimum absolute atomic E-state index is 0.0566. The molecule has 24 heavy (non-hydrogen) atoms. The summed E-state index contributed by atoms with van der Waals surface area (Å²) in [6.07, 6.45) is 0. The van der Waals surface area contributed by atoms with Crippen molar-refractivity contribution < 1.29 is 17.9 Å². The van der Waals surface area contributed by atoms with Crippen LogP contribution in [0, 0.1) is 6.92 Å². The van der Waals surface area contributed by atoms with Crippen molar-refractivity contribution in [3.63, 3.8) is 0 Å². The van der Waals surface area contributed by atoms with E-state index in [1.54, 1.807) is 57.4 Å². The smallest absolute Gasteiger partial charge is 0.262 e. The van der Waals surface area contributed by atoms with Crippen molar-refractivity contribution >= 4 is 21.6 Å². The van der Waals surface area contributed by atoms with E-state index in [4.69, 9.17) is 4.74 Å². The van der Waals surface area contributed by atoms with Crippen molar-refractivity contribution in [3.05, 3.63) is 53.6 Å². The average molecular weight is 348 g/mol. The number of carbonyl (C=O) groups is 1. The summed E-state index contributed by atoms with van der Waals surface area (Å²) >= 11 is 0. The van der Waals surface area contributed by atoms with E-state index in [1.807, 2.05) is 0 Å². The van der Waals surface area contributed by atoms with Crippen molar-refractivity contribution in [2.45, 2.75) is 11.8 Å². The molecule has 0 atom stereocenters. The number of para-hydroxylation sites is 2. The zero-order valence-electron chi connectivity index (χ0n) is 14.0. The minimum atomic E-state index is -3.86. The van der Waals surface area contributed by atoms with Crippen LogP contribution in [0.5, 0.6) is 5.75 Å². The van der Waals surface area contributed by atoms with Gasteiger partial charge in [0.25, 0.3) is 15.9 Å². The highest BCUT2D eigenvalue weighted by Crippen LogP contribution is 2.27. The number of aryl methyl sites for hydroxylation is 1. The highest BCUT2D eigenvalue weighted by molar-refractivity contribution is 7.92. The molecule has 0 heterocycles. The second-order valence-electron chi connectivity index (χ2n) is 5.49. The molecular weight excluding hydrogens is 328 g/mol. The van der Waals surface area contributed by atoms with Crippen LogP contribution < -0.4 is 9.46 Å². The molecule has 6 nitrogen and oxygen atoms in total. The predicted molar refractivity (Wildman–Crippen MR) is 93.0 cm³/mol. The Morgan fingerprint density at radius 2 is 1.79 bits per heavy atom. The number of nitrogens with one attached hydrogen (secondary N) is 1. The molecule has 1 N–H and O–H groups in total. The number of rotatable bonds is 5.